The van der Waals surface area contributed by atoms with Gasteiger partial charge in [-0.3, -0.25) is 13.7 Å². The number of hydrogen-bond acceptors (Lipinski definition) is 2. The molecule has 1 N–H and O–H groups in total. The van der Waals surface area contributed by atoms with Gasteiger partial charge in [-0.2, -0.15) is 0 Å². The molecule has 5 nitrogen and oxygen atoms in total. The monoisotopic (exact) mass is 504 g/mol. The number of imidazole rings is 1. The summed E-state index contributed by atoms with van der Waals surface area (Å²) in [4.78, 5) is 21.0. The van der Waals surface area contributed by atoms with Gasteiger partial charge >= 0.3 is 5.69 Å². The lowest BCUT2D eigenvalue weighted by Gasteiger charge is -2.12. The number of unbranched alkanes of at least 4 members (excludes halogenated alkanes) is 3. The van der Waals surface area contributed by atoms with Crippen LogP contribution in [0.2, 0.25) is 0 Å². The molecular formula is C30H37N2O3P. The Morgan fingerprint density at radius 1 is 0.722 bits per heavy atom. The van der Waals surface area contributed by atoms with Crippen molar-refractivity contribution in [3.63, 3.8) is 0 Å². The fourth-order valence-electron chi connectivity index (χ4n) is 4.50. The first-order valence-corrected chi connectivity index (χ1v) is 13.7. The second kappa shape index (κ2) is 14.4. The molecule has 1 atom stereocenters. The van der Waals surface area contributed by atoms with E-state index in [4.69, 9.17) is 9.46 Å². The molecule has 4 aromatic rings. The first-order chi connectivity index (χ1) is 17.6. The Morgan fingerprint density at radius 2 is 1.19 bits per heavy atom. The SMILES string of the molecule is CC(C)CCCCCCn1c(-c2ccccc2)c(-c2ccccc2)n(-c2ccccc2)c1=O.O=[PH2]O. The molecule has 1 heterocycles. The van der Waals surface area contributed by atoms with Crippen molar-refractivity contribution in [2.45, 2.75) is 52.5 Å². The lowest BCUT2D eigenvalue weighted by molar-refractivity contribution is 0.503. The summed E-state index contributed by atoms with van der Waals surface area (Å²) in [5.74, 6) is 0.755. The third kappa shape index (κ3) is 7.19. The molecule has 0 bridgehead atoms. The van der Waals surface area contributed by atoms with Crippen LogP contribution in [0.5, 0.6) is 0 Å². The van der Waals surface area contributed by atoms with Crippen LogP contribution in [0.1, 0.15) is 46.0 Å². The molecule has 6 heteroatoms. The van der Waals surface area contributed by atoms with Crippen LogP contribution < -0.4 is 5.69 Å². The van der Waals surface area contributed by atoms with Crippen molar-refractivity contribution in [2.75, 3.05) is 0 Å². The van der Waals surface area contributed by atoms with Crippen LogP contribution in [0, 0.1) is 5.92 Å². The minimum Gasteiger partial charge on any atom is -0.348 e. The van der Waals surface area contributed by atoms with Crippen molar-refractivity contribution in [3.05, 3.63) is 101 Å². The van der Waals surface area contributed by atoms with Crippen LogP contribution >= 0.6 is 8.69 Å². The smallest absolute Gasteiger partial charge is 0.333 e. The Balaban J connectivity index is 0.00000115. The summed E-state index contributed by atoms with van der Waals surface area (Å²) in [6.07, 6.45) is 5.91. The number of nitrogens with zero attached hydrogens (tertiary/aromatic N) is 2. The Labute approximate surface area is 215 Å². The largest absolute Gasteiger partial charge is 0.348 e. The van der Waals surface area contributed by atoms with Gasteiger partial charge in [0.25, 0.3) is 0 Å². The normalized spacial score (nSPS) is 11.1. The van der Waals surface area contributed by atoms with Crippen LogP contribution in [0.15, 0.2) is 95.8 Å². The van der Waals surface area contributed by atoms with Crippen molar-refractivity contribution < 1.29 is 9.46 Å². The molecule has 0 aliphatic carbocycles. The van der Waals surface area contributed by atoms with Gasteiger partial charge in [0.1, 0.15) is 0 Å². The average Bonchev–Trinajstić information content (AvgIpc) is 3.20. The maximum atomic E-state index is 13.9. The number of rotatable bonds is 10. The van der Waals surface area contributed by atoms with Crippen LogP contribution in [-0.4, -0.2) is 14.0 Å². The molecule has 1 aromatic heterocycles. The summed E-state index contributed by atoms with van der Waals surface area (Å²) in [6.45, 7) is 5.29. The molecule has 1 unspecified atom stereocenters. The zero-order valence-corrected chi connectivity index (χ0v) is 22.4. The van der Waals surface area contributed by atoms with Crippen molar-refractivity contribution in [1.82, 2.24) is 9.13 Å². The molecule has 0 saturated carbocycles. The van der Waals surface area contributed by atoms with Gasteiger partial charge in [-0.15, -0.1) is 0 Å². The van der Waals surface area contributed by atoms with Gasteiger partial charge in [-0.05, 0) is 24.5 Å². The van der Waals surface area contributed by atoms with Crippen molar-refractivity contribution in [2.24, 2.45) is 5.92 Å². The summed E-state index contributed by atoms with van der Waals surface area (Å²) in [5.41, 5.74) is 5.00. The molecule has 36 heavy (non-hydrogen) atoms. The van der Waals surface area contributed by atoms with Gasteiger partial charge in [0.15, 0.2) is 8.69 Å². The second-order valence-electron chi connectivity index (χ2n) is 9.24. The minimum atomic E-state index is -1.50. The molecule has 0 radical (unpaired) electrons. The number of hydrogen-bond donors (Lipinski definition) is 1. The zero-order valence-electron chi connectivity index (χ0n) is 21.2. The molecular weight excluding hydrogens is 467 g/mol. The van der Waals surface area contributed by atoms with Crippen LogP contribution in [-0.2, 0) is 11.1 Å². The zero-order chi connectivity index (χ0) is 25.8. The van der Waals surface area contributed by atoms with Gasteiger partial charge in [-0.1, -0.05) is 118 Å². The van der Waals surface area contributed by atoms with Crippen LogP contribution in [0.4, 0.5) is 0 Å². The average molecular weight is 505 g/mol. The quantitative estimate of drug-likeness (QED) is 0.183. The first-order valence-electron chi connectivity index (χ1n) is 12.7. The molecule has 4 rings (SSSR count). The van der Waals surface area contributed by atoms with E-state index in [0.717, 1.165) is 53.5 Å². The van der Waals surface area contributed by atoms with Gasteiger partial charge in [0, 0.05) is 17.7 Å². The van der Waals surface area contributed by atoms with E-state index < -0.39 is 8.69 Å². The van der Waals surface area contributed by atoms with E-state index in [9.17, 15) is 4.79 Å². The molecule has 0 saturated heterocycles. The number of aromatic nitrogens is 2. The summed E-state index contributed by atoms with van der Waals surface area (Å²) in [6, 6.07) is 30.6. The highest BCUT2D eigenvalue weighted by atomic mass is 31.1. The summed E-state index contributed by atoms with van der Waals surface area (Å²) < 4.78 is 12.4. The van der Waals surface area contributed by atoms with E-state index in [0.29, 0.717) is 0 Å². The van der Waals surface area contributed by atoms with E-state index in [-0.39, 0.29) is 5.69 Å². The van der Waals surface area contributed by atoms with E-state index in [2.05, 4.69) is 38.1 Å². The third-order valence-electron chi connectivity index (χ3n) is 6.16. The Hall–Kier alpha value is -3.14. The van der Waals surface area contributed by atoms with E-state index in [1.165, 1.54) is 19.3 Å². The van der Waals surface area contributed by atoms with E-state index >= 15 is 0 Å². The van der Waals surface area contributed by atoms with Crippen LogP contribution in [0.3, 0.4) is 0 Å². The summed E-state index contributed by atoms with van der Waals surface area (Å²) >= 11 is 0. The lowest BCUT2D eigenvalue weighted by atomic mass is 10.0. The van der Waals surface area contributed by atoms with E-state index in [1.807, 2.05) is 75.9 Å². The Bertz CT molecular complexity index is 1250. The standard InChI is InChI=1S/C30H34N2O.H3O2P/c1-24(2)16-8-3-4-15-23-31-28(25-17-9-5-10-18-25)29(26-19-11-6-12-20-26)32(30(31)33)27-21-13-7-14-22-27;1-3-2/h5-7,9-14,17-22,24H,3-4,8,15-16,23H2,1-2H3;3H2,(H,1,2). The fourth-order valence-corrected chi connectivity index (χ4v) is 4.50. The van der Waals surface area contributed by atoms with Gasteiger partial charge in [0.2, 0.25) is 0 Å². The van der Waals surface area contributed by atoms with Gasteiger partial charge in [-0.25, -0.2) is 4.79 Å². The molecule has 0 spiro atoms. The highest BCUT2D eigenvalue weighted by Crippen LogP contribution is 2.33. The highest BCUT2D eigenvalue weighted by Gasteiger charge is 2.23. The van der Waals surface area contributed by atoms with Gasteiger partial charge in [0.05, 0.1) is 17.1 Å². The van der Waals surface area contributed by atoms with Crippen molar-refractivity contribution in [3.8, 4) is 28.2 Å². The predicted molar refractivity (Wildman–Crippen MR) is 151 cm³/mol. The first kappa shape index (κ1) is 27.4. The fraction of sp³-hybridized carbons (Fsp3) is 0.300. The maximum Gasteiger partial charge on any atom is 0.333 e. The predicted octanol–water partition coefficient (Wildman–Crippen LogP) is 7.23. The topological polar surface area (TPSA) is 64.2 Å². The second-order valence-corrected chi connectivity index (χ2v) is 9.45. The third-order valence-corrected chi connectivity index (χ3v) is 6.16. The molecule has 0 amide bonds. The number of para-hydroxylation sites is 1. The lowest BCUT2D eigenvalue weighted by Crippen LogP contribution is -2.24. The molecule has 190 valence electrons. The van der Waals surface area contributed by atoms with E-state index in [1.54, 1.807) is 0 Å². The summed E-state index contributed by atoms with van der Waals surface area (Å²) in [5, 5.41) is 0. The minimum absolute atomic E-state index is 0.0288. The van der Waals surface area contributed by atoms with Crippen LogP contribution in [0.25, 0.3) is 28.2 Å². The maximum absolute atomic E-state index is 13.9. The van der Waals surface area contributed by atoms with Crippen molar-refractivity contribution >= 4 is 8.69 Å². The Morgan fingerprint density at radius 3 is 1.72 bits per heavy atom. The van der Waals surface area contributed by atoms with Gasteiger partial charge < -0.3 is 4.89 Å². The Kier molecular flexibility index (Phi) is 11.0. The highest BCUT2D eigenvalue weighted by molar-refractivity contribution is 7.16. The molecule has 0 aliphatic rings. The summed E-state index contributed by atoms with van der Waals surface area (Å²) in [7, 11) is -1.50. The molecule has 0 aliphatic heterocycles. The molecule has 3 aromatic carbocycles. The van der Waals surface area contributed by atoms with Crippen molar-refractivity contribution in [1.29, 1.82) is 0 Å². The molecule has 0 fully saturated rings. The number of benzene rings is 3.